The minimum absolute atomic E-state index is 0.0752. The second-order valence-corrected chi connectivity index (χ2v) is 5.66. The first kappa shape index (κ1) is 19.7. The second kappa shape index (κ2) is 9.72. The van der Waals surface area contributed by atoms with Gasteiger partial charge in [0, 0.05) is 13.7 Å². The molecule has 2 unspecified atom stereocenters. The average molecular weight is 364 g/mol. The monoisotopic (exact) mass is 364 g/mol. The lowest BCUT2D eigenvalue weighted by molar-refractivity contribution is -0.0498. The van der Waals surface area contributed by atoms with E-state index in [1.807, 2.05) is 30.3 Å². The molecule has 5 nitrogen and oxygen atoms in total. The second-order valence-electron chi connectivity index (χ2n) is 5.66. The van der Waals surface area contributed by atoms with Crippen LogP contribution in [-0.4, -0.2) is 26.3 Å². The van der Waals surface area contributed by atoms with Crippen LogP contribution in [0.4, 0.5) is 13.6 Å². The van der Waals surface area contributed by atoms with Crippen molar-refractivity contribution in [3.63, 3.8) is 0 Å². The molecule has 2 aromatic carbocycles. The zero-order valence-electron chi connectivity index (χ0n) is 14.6. The standard InChI is InChI=1S/C19H22F2N2O3/c1-13(14-8-10-16(11-9-14)26-18(20)21)23-19(24)22-12-17(25-2)15-6-4-3-5-7-15/h3-11,13,17-18H,12H2,1-2H3,(H2,22,23,24). The van der Waals surface area contributed by atoms with Gasteiger partial charge in [-0.25, -0.2) is 4.79 Å². The molecule has 2 atom stereocenters. The number of benzene rings is 2. The lowest BCUT2D eigenvalue weighted by Crippen LogP contribution is -2.39. The number of methoxy groups -OCH3 is 1. The Morgan fingerprint density at radius 2 is 1.69 bits per heavy atom. The molecule has 0 saturated heterocycles. The molecule has 0 spiro atoms. The molecule has 0 saturated carbocycles. The van der Waals surface area contributed by atoms with E-state index in [-0.39, 0.29) is 23.9 Å². The minimum Gasteiger partial charge on any atom is -0.435 e. The van der Waals surface area contributed by atoms with E-state index in [9.17, 15) is 13.6 Å². The van der Waals surface area contributed by atoms with Crippen LogP contribution in [0.5, 0.6) is 5.75 Å². The summed E-state index contributed by atoms with van der Waals surface area (Å²) in [7, 11) is 1.59. The Morgan fingerprint density at radius 1 is 1.04 bits per heavy atom. The van der Waals surface area contributed by atoms with E-state index in [0.29, 0.717) is 6.54 Å². The van der Waals surface area contributed by atoms with Crippen molar-refractivity contribution in [2.24, 2.45) is 0 Å². The van der Waals surface area contributed by atoms with Crippen molar-refractivity contribution in [3.8, 4) is 5.75 Å². The lowest BCUT2D eigenvalue weighted by atomic mass is 10.1. The van der Waals surface area contributed by atoms with Gasteiger partial charge < -0.3 is 20.1 Å². The van der Waals surface area contributed by atoms with Crippen LogP contribution in [0.15, 0.2) is 54.6 Å². The molecule has 26 heavy (non-hydrogen) atoms. The van der Waals surface area contributed by atoms with E-state index in [1.54, 1.807) is 26.2 Å². The van der Waals surface area contributed by atoms with Crippen LogP contribution in [0.25, 0.3) is 0 Å². The number of carbonyl (C=O) groups excluding carboxylic acids is 1. The Balaban J connectivity index is 1.84. The fraction of sp³-hybridized carbons (Fsp3) is 0.316. The molecule has 0 aliphatic rings. The quantitative estimate of drug-likeness (QED) is 0.743. The van der Waals surface area contributed by atoms with Crippen LogP contribution in [0.3, 0.4) is 0 Å². The third kappa shape index (κ3) is 6.00. The molecule has 0 aromatic heterocycles. The SMILES string of the molecule is COC(CNC(=O)NC(C)c1ccc(OC(F)F)cc1)c1ccccc1. The fourth-order valence-corrected chi connectivity index (χ4v) is 2.46. The van der Waals surface area contributed by atoms with Crippen LogP contribution < -0.4 is 15.4 Å². The van der Waals surface area contributed by atoms with E-state index >= 15 is 0 Å². The molecule has 2 rings (SSSR count). The van der Waals surface area contributed by atoms with Crippen molar-refractivity contribution < 1.29 is 23.0 Å². The zero-order chi connectivity index (χ0) is 18.9. The van der Waals surface area contributed by atoms with E-state index < -0.39 is 6.61 Å². The van der Waals surface area contributed by atoms with Crippen LogP contribution in [0, 0.1) is 0 Å². The van der Waals surface area contributed by atoms with E-state index in [4.69, 9.17) is 4.74 Å². The summed E-state index contributed by atoms with van der Waals surface area (Å²) in [5.74, 6) is 0.0752. The first-order valence-electron chi connectivity index (χ1n) is 8.16. The van der Waals surface area contributed by atoms with Gasteiger partial charge >= 0.3 is 12.6 Å². The van der Waals surface area contributed by atoms with Crippen molar-refractivity contribution in [2.75, 3.05) is 13.7 Å². The summed E-state index contributed by atoms with van der Waals surface area (Å²) < 4.78 is 34.0. The maximum absolute atomic E-state index is 12.2. The number of alkyl halides is 2. The van der Waals surface area contributed by atoms with Crippen molar-refractivity contribution >= 4 is 6.03 Å². The molecule has 7 heteroatoms. The Labute approximate surface area is 151 Å². The predicted octanol–water partition coefficient (Wildman–Crippen LogP) is 4.04. The van der Waals surface area contributed by atoms with E-state index in [1.165, 1.54) is 12.1 Å². The van der Waals surface area contributed by atoms with Gasteiger partial charge in [0.15, 0.2) is 0 Å². The summed E-state index contributed by atoms with van der Waals surface area (Å²) in [6.45, 7) is -0.742. The number of urea groups is 1. The average Bonchev–Trinajstić information content (AvgIpc) is 2.63. The van der Waals surface area contributed by atoms with Gasteiger partial charge in [-0.2, -0.15) is 8.78 Å². The summed E-state index contributed by atoms with van der Waals surface area (Å²) in [6, 6.07) is 15.1. The maximum Gasteiger partial charge on any atom is 0.387 e. The third-order valence-electron chi connectivity index (χ3n) is 3.86. The van der Waals surface area contributed by atoms with Gasteiger partial charge in [-0.05, 0) is 30.2 Å². The molecule has 0 aliphatic heterocycles. The molecule has 2 aromatic rings. The predicted molar refractivity (Wildman–Crippen MR) is 94.2 cm³/mol. The number of carbonyl (C=O) groups is 1. The normalized spacial score (nSPS) is 13.1. The summed E-state index contributed by atoms with van der Waals surface area (Å²) in [4.78, 5) is 12.1. The zero-order valence-corrected chi connectivity index (χ0v) is 14.6. The third-order valence-corrected chi connectivity index (χ3v) is 3.86. The number of hydrogen-bond donors (Lipinski definition) is 2. The molecule has 2 amide bonds. The Morgan fingerprint density at radius 3 is 2.27 bits per heavy atom. The smallest absolute Gasteiger partial charge is 0.387 e. The van der Waals surface area contributed by atoms with Gasteiger partial charge in [0.2, 0.25) is 0 Å². The largest absolute Gasteiger partial charge is 0.435 e. The van der Waals surface area contributed by atoms with E-state index in [2.05, 4.69) is 15.4 Å². The van der Waals surface area contributed by atoms with Gasteiger partial charge in [0.25, 0.3) is 0 Å². The molecule has 0 fully saturated rings. The van der Waals surface area contributed by atoms with Crippen LogP contribution in [-0.2, 0) is 4.74 Å². The number of ether oxygens (including phenoxy) is 2. The van der Waals surface area contributed by atoms with Gasteiger partial charge in [-0.15, -0.1) is 0 Å². The molecule has 0 bridgehead atoms. The number of amides is 2. The number of halogens is 2. The highest BCUT2D eigenvalue weighted by atomic mass is 19.3. The molecule has 0 radical (unpaired) electrons. The number of rotatable bonds is 8. The highest BCUT2D eigenvalue weighted by Gasteiger charge is 2.14. The summed E-state index contributed by atoms with van der Waals surface area (Å²) >= 11 is 0. The van der Waals surface area contributed by atoms with Gasteiger partial charge in [0.05, 0.1) is 12.1 Å². The lowest BCUT2D eigenvalue weighted by Gasteiger charge is -2.19. The maximum atomic E-state index is 12.2. The highest BCUT2D eigenvalue weighted by Crippen LogP contribution is 2.19. The Hall–Kier alpha value is -2.67. The summed E-state index contributed by atoms with van der Waals surface area (Å²) in [6.07, 6.45) is -0.247. The van der Waals surface area contributed by atoms with Gasteiger partial charge in [-0.3, -0.25) is 0 Å². The van der Waals surface area contributed by atoms with E-state index in [0.717, 1.165) is 11.1 Å². The topological polar surface area (TPSA) is 59.6 Å². The van der Waals surface area contributed by atoms with Crippen molar-refractivity contribution in [1.82, 2.24) is 10.6 Å². The number of hydrogen-bond acceptors (Lipinski definition) is 3. The Bertz CT molecular complexity index is 681. The summed E-state index contributed by atoms with van der Waals surface area (Å²) in [5, 5.41) is 5.56. The van der Waals surface area contributed by atoms with Gasteiger partial charge in [0.1, 0.15) is 5.75 Å². The number of nitrogens with one attached hydrogen (secondary N) is 2. The molecule has 0 heterocycles. The minimum atomic E-state index is -2.86. The highest BCUT2D eigenvalue weighted by molar-refractivity contribution is 5.74. The van der Waals surface area contributed by atoms with Crippen LogP contribution in [0.2, 0.25) is 0 Å². The molecule has 2 N–H and O–H groups in total. The fourth-order valence-electron chi connectivity index (χ4n) is 2.46. The first-order chi connectivity index (χ1) is 12.5. The molecule has 0 aliphatic carbocycles. The van der Waals surface area contributed by atoms with Gasteiger partial charge in [-0.1, -0.05) is 42.5 Å². The molecular weight excluding hydrogens is 342 g/mol. The van der Waals surface area contributed by atoms with Crippen molar-refractivity contribution in [3.05, 3.63) is 65.7 Å². The molecular formula is C19H22F2N2O3. The first-order valence-corrected chi connectivity index (χ1v) is 8.16. The molecule has 140 valence electrons. The van der Waals surface area contributed by atoms with Crippen molar-refractivity contribution in [2.45, 2.75) is 25.7 Å². The van der Waals surface area contributed by atoms with Crippen LogP contribution >= 0.6 is 0 Å². The summed E-state index contributed by atoms with van der Waals surface area (Å²) in [5.41, 5.74) is 1.74. The van der Waals surface area contributed by atoms with Crippen molar-refractivity contribution in [1.29, 1.82) is 0 Å². The van der Waals surface area contributed by atoms with Crippen LogP contribution in [0.1, 0.15) is 30.2 Å². The Kier molecular flexibility index (Phi) is 7.35.